The Morgan fingerprint density at radius 2 is 1.78 bits per heavy atom. The molecule has 1 nitrogen and oxygen atoms in total. The van der Waals surface area contributed by atoms with Crippen LogP contribution in [0.5, 0.6) is 0 Å². The van der Waals surface area contributed by atoms with Crippen LogP contribution in [0.15, 0.2) is 60.7 Å². The zero-order valence-electron chi connectivity index (χ0n) is 10.1. The third kappa shape index (κ3) is 3.22. The summed E-state index contributed by atoms with van der Waals surface area (Å²) in [5.41, 5.74) is 8.83. The fourth-order valence-electron chi connectivity index (χ4n) is 1.85. The molecule has 0 radical (unpaired) electrons. The van der Waals surface area contributed by atoms with E-state index in [2.05, 4.69) is 30.3 Å². The van der Waals surface area contributed by atoms with Gasteiger partial charge in [-0.1, -0.05) is 66.2 Å². The number of halogens is 1. The standard InChI is InChI=1S/C16H16ClN/c17-16-12-13(6-4-5-11-18)9-10-15(16)14-7-2-1-3-8-14/h1-5,7-10,12H,6,11,18H2/b5-4-. The Balaban J connectivity index is 2.23. The first kappa shape index (κ1) is 12.9. The van der Waals surface area contributed by atoms with Gasteiger partial charge in [-0.25, -0.2) is 0 Å². The number of nitrogens with two attached hydrogens (primary N) is 1. The van der Waals surface area contributed by atoms with Crippen LogP contribution >= 0.6 is 11.6 Å². The van der Waals surface area contributed by atoms with Crippen LogP contribution in [0.4, 0.5) is 0 Å². The third-order valence-corrected chi connectivity index (χ3v) is 3.09. The highest BCUT2D eigenvalue weighted by molar-refractivity contribution is 6.33. The molecular weight excluding hydrogens is 242 g/mol. The molecule has 0 aliphatic heterocycles. The molecule has 0 spiro atoms. The summed E-state index contributed by atoms with van der Waals surface area (Å²) >= 11 is 6.33. The predicted octanol–water partition coefficient (Wildman–Crippen LogP) is 4.06. The average molecular weight is 258 g/mol. The van der Waals surface area contributed by atoms with Crippen LogP contribution < -0.4 is 5.73 Å². The number of allylic oxidation sites excluding steroid dienone is 1. The van der Waals surface area contributed by atoms with Crippen molar-refractivity contribution in [3.05, 3.63) is 71.3 Å². The van der Waals surface area contributed by atoms with E-state index in [0.29, 0.717) is 6.54 Å². The molecule has 2 heteroatoms. The van der Waals surface area contributed by atoms with Crippen LogP contribution in [0.3, 0.4) is 0 Å². The Morgan fingerprint density at radius 3 is 2.44 bits per heavy atom. The fraction of sp³-hybridized carbons (Fsp3) is 0.125. The molecular formula is C16H16ClN. The predicted molar refractivity (Wildman–Crippen MR) is 78.8 cm³/mol. The van der Waals surface area contributed by atoms with Crippen molar-refractivity contribution in [3.8, 4) is 11.1 Å². The third-order valence-electron chi connectivity index (χ3n) is 2.77. The van der Waals surface area contributed by atoms with E-state index < -0.39 is 0 Å². The number of hydrogen-bond acceptors (Lipinski definition) is 1. The maximum Gasteiger partial charge on any atom is 0.0487 e. The smallest absolute Gasteiger partial charge is 0.0487 e. The van der Waals surface area contributed by atoms with Crippen LogP contribution in [0.1, 0.15) is 5.56 Å². The van der Waals surface area contributed by atoms with Crippen molar-refractivity contribution in [1.29, 1.82) is 0 Å². The Labute approximate surface area is 113 Å². The average Bonchev–Trinajstić information content (AvgIpc) is 2.40. The van der Waals surface area contributed by atoms with Crippen molar-refractivity contribution in [2.45, 2.75) is 6.42 Å². The molecule has 0 unspecified atom stereocenters. The number of benzene rings is 2. The second-order valence-corrected chi connectivity index (χ2v) is 4.50. The van der Waals surface area contributed by atoms with Gasteiger partial charge in [-0.2, -0.15) is 0 Å². The highest BCUT2D eigenvalue weighted by Crippen LogP contribution is 2.28. The molecule has 0 amide bonds. The van der Waals surface area contributed by atoms with Gasteiger partial charge in [-0.05, 0) is 23.6 Å². The number of hydrogen-bond donors (Lipinski definition) is 1. The summed E-state index contributed by atoms with van der Waals surface area (Å²) in [4.78, 5) is 0. The van der Waals surface area contributed by atoms with Gasteiger partial charge in [0.2, 0.25) is 0 Å². The van der Waals surface area contributed by atoms with Gasteiger partial charge >= 0.3 is 0 Å². The maximum atomic E-state index is 6.33. The highest BCUT2D eigenvalue weighted by Gasteiger charge is 2.03. The Hall–Kier alpha value is -1.57. The molecule has 0 aliphatic carbocycles. The zero-order chi connectivity index (χ0) is 12.8. The second kappa shape index (κ2) is 6.39. The molecule has 0 aromatic heterocycles. The van der Waals surface area contributed by atoms with Gasteiger partial charge in [0.25, 0.3) is 0 Å². The molecule has 2 aromatic rings. The normalized spacial score (nSPS) is 11.0. The lowest BCUT2D eigenvalue weighted by molar-refractivity contribution is 1.20. The first-order valence-corrected chi connectivity index (χ1v) is 6.38. The van der Waals surface area contributed by atoms with E-state index in [-0.39, 0.29) is 0 Å². The van der Waals surface area contributed by atoms with E-state index in [1.54, 1.807) is 0 Å². The minimum Gasteiger partial charge on any atom is -0.327 e. The minimum atomic E-state index is 0.579. The monoisotopic (exact) mass is 257 g/mol. The largest absolute Gasteiger partial charge is 0.327 e. The van der Waals surface area contributed by atoms with Crippen LogP contribution in [0.2, 0.25) is 5.02 Å². The summed E-state index contributed by atoms with van der Waals surface area (Å²) in [7, 11) is 0. The van der Waals surface area contributed by atoms with Crippen LogP contribution in [0, 0.1) is 0 Å². The van der Waals surface area contributed by atoms with Crippen molar-refractivity contribution in [2.24, 2.45) is 5.73 Å². The SMILES string of the molecule is NC/C=C\Cc1ccc(-c2ccccc2)c(Cl)c1. The fourth-order valence-corrected chi connectivity index (χ4v) is 2.17. The van der Waals surface area contributed by atoms with E-state index in [1.807, 2.05) is 30.3 Å². The molecule has 2 aromatic carbocycles. The summed E-state index contributed by atoms with van der Waals surface area (Å²) in [5.74, 6) is 0. The molecule has 0 saturated heterocycles. The molecule has 92 valence electrons. The molecule has 2 N–H and O–H groups in total. The zero-order valence-corrected chi connectivity index (χ0v) is 10.9. The molecule has 0 atom stereocenters. The molecule has 18 heavy (non-hydrogen) atoms. The first-order valence-electron chi connectivity index (χ1n) is 6.00. The van der Waals surface area contributed by atoms with E-state index >= 15 is 0 Å². The summed E-state index contributed by atoms with van der Waals surface area (Å²) in [6, 6.07) is 16.4. The van der Waals surface area contributed by atoms with Gasteiger partial charge in [-0.15, -0.1) is 0 Å². The lowest BCUT2D eigenvalue weighted by Crippen LogP contribution is -1.93. The van der Waals surface area contributed by atoms with Gasteiger partial charge in [0.05, 0.1) is 0 Å². The molecule has 0 heterocycles. The van der Waals surface area contributed by atoms with E-state index in [0.717, 1.165) is 22.6 Å². The van der Waals surface area contributed by atoms with Crippen molar-refractivity contribution in [3.63, 3.8) is 0 Å². The van der Waals surface area contributed by atoms with Gasteiger partial charge < -0.3 is 5.73 Å². The number of rotatable bonds is 4. The summed E-state index contributed by atoms with van der Waals surface area (Å²) in [6.07, 6.45) is 4.89. The molecule has 0 aliphatic rings. The second-order valence-electron chi connectivity index (χ2n) is 4.09. The van der Waals surface area contributed by atoms with E-state index in [1.165, 1.54) is 5.56 Å². The molecule has 2 rings (SSSR count). The Bertz CT molecular complexity index is 532. The Kier molecular flexibility index (Phi) is 4.57. The molecule has 0 bridgehead atoms. The van der Waals surface area contributed by atoms with E-state index in [4.69, 9.17) is 17.3 Å². The Morgan fingerprint density at radius 1 is 1.00 bits per heavy atom. The summed E-state index contributed by atoms with van der Waals surface area (Å²) < 4.78 is 0. The van der Waals surface area contributed by atoms with Crippen LogP contribution in [0.25, 0.3) is 11.1 Å². The van der Waals surface area contributed by atoms with Gasteiger partial charge in [0.15, 0.2) is 0 Å². The van der Waals surface area contributed by atoms with Gasteiger partial charge in [0.1, 0.15) is 0 Å². The lowest BCUT2D eigenvalue weighted by atomic mass is 10.0. The summed E-state index contributed by atoms with van der Waals surface area (Å²) in [6.45, 7) is 0.579. The van der Waals surface area contributed by atoms with Crippen molar-refractivity contribution < 1.29 is 0 Å². The molecule has 0 saturated carbocycles. The first-order chi connectivity index (χ1) is 8.81. The minimum absolute atomic E-state index is 0.579. The molecule has 0 fully saturated rings. The van der Waals surface area contributed by atoms with Crippen molar-refractivity contribution in [1.82, 2.24) is 0 Å². The van der Waals surface area contributed by atoms with Crippen LogP contribution in [-0.2, 0) is 6.42 Å². The van der Waals surface area contributed by atoms with Crippen molar-refractivity contribution in [2.75, 3.05) is 6.54 Å². The quantitative estimate of drug-likeness (QED) is 0.821. The van der Waals surface area contributed by atoms with Crippen LogP contribution in [-0.4, -0.2) is 6.54 Å². The summed E-state index contributed by atoms with van der Waals surface area (Å²) in [5, 5.41) is 0.792. The van der Waals surface area contributed by atoms with E-state index in [9.17, 15) is 0 Å². The van der Waals surface area contributed by atoms with Gasteiger partial charge in [0, 0.05) is 17.1 Å². The maximum absolute atomic E-state index is 6.33. The lowest BCUT2D eigenvalue weighted by Gasteiger charge is -2.06. The van der Waals surface area contributed by atoms with Crippen molar-refractivity contribution >= 4 is 11.6 Å². The highest BCUT2D eigenvalue weighted by atomic mass is 35.5. The van der Waals surface area contributed by atoms with Gasteiger partial charge in [-0.3, -0.25) is 0 Å². The topological polar surface area (TPSA) is 26.0 Å².